The van der Waals surface area contributed by atoms with Crippen LogP contribution in [0.2, 0.25) is 0 Å². The number of nitrogens with zero attached hydrogens (tertiary/aromatic N) is 1. The Labute approximate surface area is 126 Å². The van der Waals surface area contributed by atoms with Crippen molar-refractivity contribution < 1.29 is 9.59 Å². The van der Waals surface area contributed by atoms with E-state index in [9.17, 15) is 9.59 Å². The number of hydrogen-bond acceptors (Lipinski definition) is 3. The van der Waals surface area contributed by atoms with Crippen molar-refractivity contribution in [3.63, 3.8) is 0 Å². The molecule has 0 saturated carbocycles. The average molecular weight is 288 g/mol. The highest BCUT2D eigenvalue weighted by Gasteiger charge is 2.24. The summed E-state index contributed by atoms with van der Waals surface area (Å²) in [5.41, 5.74) is 1.47. The minimum atomic E-state index is -0.277. The molecule has 2 rings (SSSR count). The molecule has 1 heterocycles. The van der Waals surface area contributed by atoms with Crippen LogP contribution in [0.5, 0.6) is 0 Å². The third-order valence-electron chi connectivity index (χ3n) is 4.12. The molecule has 1 aromatic carbocycles. The first-order valence-corrected chi connectivity index (χ1v) is 7.63. The Bertz CT molecular complexity index is 519. The van der Waals surface area contributed by atoms with Crippen molar-refractivity contribution in [1.29, 1.82) is 0 Å². The molecule has 1 aromatic rings. The lowest BCUT2D eigenvalue weighted by molar-refractivity contribution is -0.132. The van der Waals surface area contributed by atoms with Gasteiger partial charge in [0.05, 0.1) is 0 Å². The molecule has 0 aliphatic carbocycles. The molecule has 1 aliphatic heterocycles. The molecule has 1 fully saturated rings. The Balaban J connectivity index is 1.97. The van der Waals surface area contributed by atoms with Crippen molar-refractivity contribution in [1.82, 2.24) is 4.90 Å². The van der Waals surface area contributed by atoms with E-state index in [1.54, 1.807) is 19.1 Å². The third kappa shape index (κ3) is 4.06. The fourth-order valence-electron chi connectivity index (χ4n) is 2.64. The molecule has 0 bridgehead atoms. The van der Waals surface area contributed by atoms with E-state index in [1.165, 1.54) is 0 Å². The fraction of sp³-hybridized carbons (Fsp3) is 0.529. The number of ketones is 1. The molecular weight excluding hydrogens is 264 g/mol. The molecule has 0 unspecified atom stereocenters. The van der Waals surface area contributed by atoms with Crippen molar-refractivity contribution in [3.05, 3.63) is 29.8 Å². The molecule has 0 spiro atoms. The zero-order valence-corrected chi connectivity index (χ0v) is 13.1. The molecule has 0 aromatic heterocycles. The van der Waals surface area contributed by atoms with Crippen molar-refractivity contribution in [2.45, 2.75) is 39.7 Å². The fourth-order valence-corrected chi connectivity index (χ4v) is 2.64. The molecule has 0 radical (unpaired) electrons. The monoisotopic (exact) mass is 288 g/mol. The minimum Gasteiger partial charge on any atom is -0.374 e. The summed E-state index contributed by atoms with van der Waals surface area (Å²) in [6.45, 7) is 7.35. The van der Waals surface area contributed by atoms with Crippen LogP contribution in [-0.4, -0.2) is 35.7 Å². The number of carbonyl (C=O) groups excluding carboxylic acids is 2. The lowest BCUT2D eigenvalue weighted by atomic mass is 9.99. The summed E-state index contributed by atoms with van der Waals surface area (Å²) in [5, 5.41) is 3.20. The van der Waals surface area contributed by atoms with Crippen LogP contribution in [0.1, 0.15) is 44.0 Å². The molecule has 4 heteroatoms. The SMILES string of the molecule is CC(=O)c1cccc(N[C@H](C)C(=O)N2CCC(C)CC2)c1. The second-order valence-electron chi connectivity index (χ2n) is 6.01. The van der Waals surface area contributed by atoms with E-state index in [2.05, 4.69) is 12.2 Å². The van der Waals surface area contributed by atoms with Crippen molar-refractivity contribution >= 4 is 17.4 Å². The Kier molecular flexibility index (Phi) is 4.99. The van der Waals surface area contributed by atoms with Crippen LogP contribution in [0.4, 0.5) is 5.69 Å². The number of piperidine rings is 1. The maximum Gasteiger partial charge on any atom is 0.244 e. The standard InChI is InChI=1S/C17H24N2O2/c1-12-7-9-19(10-8-12)17(21)13(2)18-16-6-4-5-15(11-16)14(3)20/h4-6,11-13,18H,7-10H2,1-3H3/t13-/m1/s1. The molecule has 1 saturated heterocycles. The van der Waals surface area contributed by atoms with Crippen LogP contribution in [0, 0.1) is 5.92 Å². The van der Waals surface area contributed by atoms with Crippen molar-refractivity contribution in [3.8, 4) is 0 Å². The maximum absolute atomic E-state index is 12.4. The summed E-state index contributed by atoms with van der Waals surface area (Å²) in [6, 6.07) is 7.02. The Morgan fingerprint density at radius 1 is 1.29 bits per heavy atom. The molecule has 1 N–H and O–H groups in total. The molecular formula is C17H24N2O2. The number of rotatable bonds is 4. The quantitative estimate of drug-likeness (QED) is 0.867. The van der Waals surface area contributed by atoms with Gasteiger partial charge in [0, 0.05) is 24.3 Å². The summed E-state index contributed by atoms with van der Waals surface area (Å²) in [6.07, 6.45) is 2.16. The van der Waals surface area contributed by atoms with Crippen LogP contribution in [0.15, 0.2) is 24.3 Å². The number of anilines is 1. The van der Waals surface area contributed by atoms with Gasteiger partial charge in [0.25, 0.3) is 0 Å². The van der Waals surface area contributed by atoms with Gasteiger partial charge >= 0.3 is 0 Å². The first-order valence-electron chi connectivity index (χ1n) is 7.63. The van der Waals surface area contributed by atoms with Gasteiger partial charge in [0.1, 0.15) is 6.04 Å². The van der Waals surface area contributed by atoms with Gasteiger partial charge in [-0.25, -0.2) is 0 Å². The number of hydrogen-bond donors (Lipinski definition) is 1. The van der Waals surface area contributed by atoms with Crippen LogP contribution in [0.25, 0.3) is 0 Å². The maximum atomic E-state index is 12.4. The average Bonchev–Trinajstić information content (AvgIpc) is 2.47. The van der Waals surface area contributed by atoms with Crippen LogP contribution >= 0.6 is 0 Å². The summed E-state index contributed by atoms with van der Waals surface area (Å²) in [7, 11) is 0. The van der Waals surface area contributed by atoms with Gasteiger partial charge in [-0.1, -0.05) is 19.1 Å². The minimum absolute atomic E-state index is 0.0302. The second kappa shape index (κ2) is 6.74. The van der Waals surface area contributed by atoms with Crippen LogP contribution in [0.3, 0.4) is 0 Å². The molecule has 1 atom stereocenters. The van der Waals surface area contributed by atoms with Crippen LogP contribution in [-0.2, 0) is 4.79 Å². The van der Waals surface area contributed by atoms with E-state index in [0.29, 0.717) is 11.5 Å². The van der Waals surface area contributed by atoms with Crippen molar-refractivity contribution in [2.75, 3.05) is 18.4 Å². The van der Waals surface area contributed by atoms with E-state index in [1.807, 2.05) is 24.0 Å². The smallest absolute Gasteiger partial charge is 0.244 e. The lowest BCUT2D eigenvalue weighted by Crippen LogP contribution is -2.45. The zero-order chi connectivity index (χ0) is 15.4. The number of nitrogens with one attached hydrogen (secondary N) is 1. The Hall–Kier alpha value is -1.84. The first-order chi connectivity index (χ1) is 9.97. The highest BCUT2D eigenvalue weighted by atomic mass is 16.2. The van der Waals surface area contributed by atoms with Gasteiger partial charge in [-0.05, 0) is 44.7 Å². The highest BCUT2D eigenvalue weighted by Crippen LogP contribution is 2.18. The topological polar surface area (TPSA) is 49.4 Å². The van der Waals surface area contributed by atoms with Gasteiger partial charge < -0.3 is 10.2 Å². The summed E-state index contributed by atoms with van der Waals surface area (Å²) >= 11 is 0. The lowest BCUT2D eigenvalue weighted by Gasteiger charge is -2.32. The Morgan fingerprint density at radius 3 is 2.57 bits per heavy atom. The van der Waals surface area contributed by atoms with Crippen LogP contribution < -0.4 is 5.32 Å². The number of carbonyl (C=O) groups is 2. The van der Waals surface area contributed by atoms with E-state index in [4.69, 9.17) is 0 Å². The van der Waals surface area contributed by atoms with E-state index in [0.717, 1.165) is 31.6 Å². The molecule has 1 aliphatic rings. The van der Waals surface area contributed by atoms with Gasteiger partial charge in [-0.2, -0.15) is 0 Å². The van der Waals surface area contributed by atoms with E-state index in [-0.39, 0.29) is 17.7 Å². The van der Waals surface area contributed by atoms with Gasteiger partial charge in [0.15, 0.2) is 5.78 Å². The summed E-state index contributed by atoms with van der Waals surface area (Å²) < 4.78 is 0. The van der Waals surface area contributed by atoms with E-state index >= 15 is 0 Å². The summed E-state index contributed by atoms with van der Waals surface area (Å²) in [4.78, 5) is 25.8. The molecule has 1 amide bonds. The predicted octanol–water partition coefficient (Wildman–Crippen LogP) is 2.95. The number of amides is 1. The van der Waals surface area contributed by atoms with Gasteiger partial charge in [-0.15, -0.1) is 0 Å². The zero-order valence-electron chi connectivity index (χ0n) is 13.1. The first kappa shape index (κ1) is 15.5. The molecule has 21 heavy (non-hydrogen) atoms. The predicted molar refractivity (Wildman–Crippen MR) is 84.5 cm³/mol. The molecule has 4 nitrogen and oxygen atoms in total. The number of likely N-dealkylation sites (tertiary alicyclic amines) is 1. The number of Topliss-reactive ketones (excluding diaryl/α,β-unsaturated/α-hetero) is 1. The summed E-state index contributed by atoms with van der Waals surface area (Å²) in [5.74, 6) is 0.877. The Morgan fingerprint density at radius 2 is 1.95 bits per heavy atom. The highest BCUT2D eigenvalue weighted by molar-refractivity contribution is 5.95. The number of benzene rings is 1. The van der Waals surface area contributed by atoms with Gasteiger partial charge in [0.2, 0.25) is 5.91 Å². The van der Waals surface area contributed by atoms with Gasteiger partial charge in [-0.3, -0.25) is 9.59 Å². The normalized spacial score (nSPS) is 17.4. The van der Waals surface area contributed by atoms with E-state index < -0.39 is 0 Å². The third-order valence-corrected chi connectivity index (χ3v) is 4.12. The second-order valence-corrected chi connectivity index (χ2v) is 6.01. The molecule has 114 valence electrons. The van der Waals surface area contributed by atoms with Crippen molar-refractivity contribution in [2.24, 2.45) is 5.92 Å². The largest absolute Gasteiger partial charge is 0.374 e.